The molecule has 0 atom stereocenters. The Bertz CT molecular complexity index is 214. The van der Waals surface area contributed by atoms with Gasteiger partial charge in [0.05, 0.1) is 0 Å². The topological polar surface area (TPSA) is 0 Å². The fourth-order valence-corrected chi connectivity index (χ4v) is 0.521. The lowest BCUT2D eigenvalue weighted by Gasteiger charge is -1.94. The average Bonchev–Trinajstić information content (AvgIpc) is 2.03. The second kappa shape index (κ2) is 5.48. The van der Waals surface area contributed by atoms with E-state index in [1.807, 2.05) is 31.2 Å². The molecule has 0 fully saturated rings. The van der Waals surface area contributed by atoms with Crippen molar-refractivity contribution in [3.05, 3.63) is 61.3 Å². The van der Waals surface area contributed by atoms with Crippen molar-refractivity contribution in [1.82, 2.24) is 0 Å². The molecule has 0 aliphatic heterocycles. The molecule has 58 valence electrons. The predicted molar refractivity (Wildman–Crippen MR) is 52.4 cm³/mol. The Morgan fingerprint density at radius 2 is 1.73 bits per heavy atom. The molecule has 0 saturated carbocycles. The molecule has 0 heteroatoms. The normalized spacial score (nSPS) is 10.6. The first-order valence-electron chi connectivity index (χ1n) is 3.52. The van der Waals surface area contributed by atoms with Crippen LogP contribution in [0.3, 0.4) is 0 Å². The van der Waals surface area contributed by atoms with Gasteiger partial charge in [-0.2, -0.15) is 0 Å². The van der Waals surface area contributed by atoms with Gasteiger partial charge in [-0.25, -0.2) is 0 Å². The van der Waals surface area contributed by atoms with Crippen LogP contribution < -0.4 is 0 Å². The highest BCUT2D eigenvalue weighted by Gasteiger charge is 1.86. The van der Waals surface area contributed by atoms with Crippen molar-refractivity contribution < 1.29 is 0 Å². The van der Waals surface area contributed by atoms with Crippen LogP contribution in [0.4, 0.5) is 0 Å². The van der Waals surface area contributed by atoms with E-state index in [1.165, 1.54) is 0 Å². The maximum atomic E-state index is 3.81. The highest BCUT2D eigenvalue weighted by Crippen LogP contribution is 2.06. The van der Waals surface area contributed by atoms with Gasteiger partial charge in [-0.05, 0) is 18.1 Å². The van der Waals surface area contributed by atoms with Crippen LogP contribution >= 0.6 is 0 Å². The zero-order valence-corrected chi connectivity index (χ0v) is 7.01. The zero-order valence-electron chi connectivity index (χ0n) is 7.01. The van der Waals surface area contributed by atoms with Crippen molar-refractivity contribution in [1.29, 1.82) is 0 Å². The van der Waals surface area contributed by atoms with E-state index in [-0.39, 0.29) is 0 Å². The Morgan fingerprint density at radius 3 is 2.18 bits per heavy atom. The molecule has 0 aromatic heterocycles. The molecular weight excluding hydrogens is 132 g/mol. The van der Waals surface area contributed by atoms with Gasteiger partial charge >= 0.3 is 0 Å². The van der Waals surface area contributed by atoms with E-state index in [4.69, 9.17) is 0 Å². The first-order chi connectivity index (χ1) is 5.22. The van der Waals surface area contributed by atoms with Crippen molar-refractivity contribution in [2.45, 2.75) is 6.92 Å². The fraction of sp³-hybridized carbons (Fsp3) is 0.0909. The molecule has 0 nitrogen and oxygen atoms in total. The van der Waals surface area contributed by atoms with E-state index < -0.39 is 0 Å². The van der Waals surface area contributed by atoms with Crippen LogP contribution in [0.1, 0.15) is 6.92 Å². The maximum absolute atomic E-state index is 3.81. The molecule has 0 saturated heterocycles. The van der Waals surface area contributed by atoms with Crippen molar-refractivity contribution in [2.75, 3.05) is 0 Å². The van der Waals surface area contributed by atoms with Crippen LogP contribution in [-0.4, -0.2) is 0 Å². The van der Waals surface area contributed by atoms with Gasteiger partial charge in [0.25, 0.3) is 0 Å². The minimum Gasteiger partial charge on any atom is -0.0985 e. The average molecular weight is 146 g/mol. The molecule has 0 spiro atoms. The molecule has 0 unspecified atom stereocenters. The van der Waals surface area contributed by atoms with Crippen LogP contribution in [0.15, 0.2) is 61.3 Å². The van der Waals surface area contributed by atoms with E-state index >= 15 is 0 Å². The van der Waals surface area contributed by atoms with Gasteiger partial charge in [-0.15, -0.1) is 0 Å². The van der Waals surface area contributed by atoms with Crippen molar-refractivity contribution in [3.8, 4) is 0 Å². The SMILES string of the molecule is C=CC(=C)C(=C)/C=C\C=C/C. The summed E-state index contributed by atoms with van der Waals surface area (Å²) in [6.45, 7) is 13.1. The van der Waals surface area contributed by atoms with Crippen LogP contribution in [0.2, 0.25) is 0 Å². The van der Waals surface area contributed by atoms with Gasteiger partial charge < -0.3 is 0 Å². The molecule has 0 radical (unpaired) electrons. The summed E-state index contributed by atoms with van der Waals surface area (Å²) in [5.41, 5.74) is 1.77. The lowest BCUT2D eigenvalue weighted by molar-refractivity contribution is 1.61. The third kappa shape index (κ3) is 4.15. The molecule has 0 bridgehead atoms. The molecule has 0 aromatic carbocycles. The lowest BCUT2D eigenvalue weighted by Crippen LogP contribution is -1.75. The summed E-state index contributed by atoms with van der Waals surface area (Å²) >= 11 is 0. The van der Waals surface area contributed by atoms with Gasteiger partial charge in [-0.3, -0.25) is 0 Å². The first-order valence-corrected chi connectivity index (χ1v) is 3.52. The zero-order chi connectivity index (χ0) is 8.69. The predicted octanol–water partition coefficient (Wildman–Crippen LogP) is 3.42. The summed E-state index contributed by atoms with van der Waals surface area (Å²) in [5, 5.41) is 0. The van der Waals surface area contributed by atoms with Gasteiger partial charge in [0.1, 0.15) is 0 Å². The van der Waals surface area contributed by atoms with E-state index in [9.17, 15) is 0 Å². The smallest absolute Gasteiger partial charge is 0.0262 e. The number of hydrogen-bond donors (Lipinski definition) is 0. The number of rotatable bonds is 4. The number of allylic oxidation sites excluding steroid dienone is 7. The van der Waals surface area contributed by atoms with E-state index in [2.05, 4.69) is 19.7 Å². The highest BCUT2D eigenvalue weighted by atomic mass is 13.9. The summed E-state index contributed by atoms with van der Waals surface area (Å²) in [4.78, 5) is 0. The minimum absolute atomic E-state index is 0.866. The van der Waals surface area contributed by atoms with Gasteiger partial charge in [0.15, 0.2) is 0 Å². The first kappa shape index (κ1) is 9.70. The van der Waals surface area contributed by atoms with Crippen LogP contribution in [0, 0.1) is 0 Å². The molecule has 0 rings (SSSR count). The summed E-state index contributed by atoms with van der Waals surface area (Å²) in [6.07, 6.45) is 9.44. The molecule has 11 heavy (non-hydrogen) atoms. The van der Waals surface area contributed by atoms with Gasteiger partial charge in [-0.1, -0.05) is 50.1 Å². The summed E-state index contributed by atoms with van der Waals surface area (Å²) in [6, 6.07) is 0. The van der Waals surface area contributed by atoms with E-state index in [0.29, 0.717) is 0 Å². The molecule has 0 N–H and O–H groups in total. The molecular formula is C11H14. The fourth-order valence-electron chi connectivity index (χ4n) is 0.521. The van der Waals surface area contributed by atoms with E-state index in [1.54, 1.807) is 6.08 Å². The third-order valence-electron chi connectivity index (χ3n) is 1.26. The largest absolute Gasteiger partial charge is 0.0985 e. The molecule has 0 heterocycles. The van der Waals surface area contributed by atoms with Crippen LogP contribution in [0.5, 0.6) is 0 Å². The summed E-state index contributed by atoms with van der Waals surface area (Å²) < 4.78 is 0. The van der Waals surface area contributed by atoms with Crippen molar-refractivity contribution >= 4 is 0 Å². The van der Waals surface area contributed by atoms with E-state index in [0.717, 1.165) is 11.1 Å². The summed E-state index contributed by atoms with van der Waals surface area (Å²) in [5.74, 6) is 0. The highest BCUT2D eigenvalue weighted by molar-refractivity contribution is 5.42. The Morgan fingerprint density at radius 1 is 1.09 bits per heavy atom. The minimum atomic E-state index is 0.866. The molecule has 0 aliphatic carbocycles. The maximum Gasteiger partial charge on any atom is -0.0262 e. The van der Waals surface area contributed by atoms with Gasteiger partial charge in [0, 0.05) is 0 Å². The standard InChI is InChI=1S/C11H14/c1-5-7-8-9-11(4)10(3)6-2/h5-9H,2-4H2,1H3/b7-5-,9-8-. The van der Waals surface area contributed by atoms with Crippen molar-refractivity contribution in [3.63, 3.8) is 0 Å². The quantitative estimate of drug-likeness (QED) is 0.533. The van der Waals surface area contributed by atoms with Crippen LogP contribution in [0.25, 0.3) is 0 Å². The Kier molecular flexibility index (Phi) is 4.83. The summed E-state index contributed by atoms with van der Waals surface area (Å²) in [7, 11) is 0. The Hall–Kier alpha value is -1.30. The molecule has 0 aliphatic rings. The number of hydrogen-bond acceptors (Lipinski definition) is 0. The monoisotopic (exact) mass is 146 g/mol. The third-order valence-corrected chi connectivity index (χ3v) is 1.26. The molecule has 0 amide bonds. The Labute approximate surface area is 68.9 Å². The Balaban J connectivity index is 4.07. The second-order valence-corrected chi connectivity index (χ2v) is 2.14. The van der Waals surface area contributed by atoms with Gasteiger partial charge in [0.2, 0.25) is 0 Å². The van der Waals surface area contributed by atoms with Crippen LogP contribution in [-0.2, 0) is 0 Å². The lowest BCUT2D eigenvalue weighted by atomic mass is 10.1. The van der Waals surface area contributed by atoms with Crippen molar-refractivity contribution in [2.24, 2.45) is 0 Å². The second-order valence-electron chi connectivity index (χ2n) is 2.14. The molecule has 0 aromatic rings.